The Labute approximate surface area is 78.9 Å². The Bertz CT molecular complexity index is 108. The molecule has 10 heavy (non-hydrogen) atoms. The summed E-state index contributed by atoms with van der Waals surface area (Å²) in [7, 11) is 5.59. The third-order valence-electron chi connectivity index (χ3n) is 2.59. The van der Waals surface area contributed by atoms with Crippen molar-refractivity contribution in [2.24, 2.45) is 11.8 Å². The summed E-state index contributed by atoms with van der Waals surface area (Å²) in [5, 5.41) is 0. The molecule has 1 rings (SSSR count). The molecule has 0 aromatic carbocycles. The van der Waals surface area contributed by atoms with Crippen LogP contribution < -0.4 is 0 Å². The first-order chi connectivity index (χ1) is 4.74. The van der Waals surface area contributed by atoms with Crippen molar-refractivity contribution in [2.45, 2.75) is 32.3 Å². The Morgan fingerprint density at radius 2 is 2.50 bits per heavy atom. The lowest BCUT2D eigenvalue weighted by Gasteiger charge is -2.16. The zero-order chi connectivity index (χ0) is 7.56. The molecule has 0 bridgehead atoms. The molecule has 1 aliphatic rings. The van der Waals surface area contributed by atoms with Gasteiger partial charge in [-0.05, 0) is 11.8 Å². The Morgan fingerprint density at radius 1 is 1.80 bits per heavy atom. The molecule has 1 heterocycles. The number of hydrogen-bond donors (Lipinski definition) is 0. The SMILES string of the molecule is [B]CC(C)[C@@H]1CCB(I)C1. The van der Waals surface area contributed by atoms with E-state index in [1.807, 2.05) is 0 Å². The molecule has 3 heteroatoms. The smallest absolute Gasteiger partial charge is 0.150 e. The molecular formula is C7H13B2I. The third kappa shape index (κ3) is 2.18. The molecule has 54 valence electrons. The molecule has 1 saturated heterocycles. The van der Waals surface area contributed by atoms with E-state index in [1.54, 1.807) is 0 Å². The predicted octanol–water partition coefficient (Wildman–Crippen LogP) is 2.66. The average molecular weight is 246 g/mol. The van der Waals surface area contributed by atoms with Gasteiger partial charge in [-0.1, -0.05) is 32.3 Å². The van der Waals surface area contributed by atoms with Crippen molar-refractivity contribution in [3.05, 3.63) is 0 Å². The minimum Gasteiger partial charge on any atom is -0.150 e. The summed E-state index contributed by atoms with van der Waals surface area (Å²) in [5.41, 5.74) is 0. The monoisotopic (exact) mass is 246 g/mol. The van der Waals surface area contributed by atoms with E-state index in [0.717, 1.165) is 22.7 Å². The quantitative estimate of drug-likeness (QED) is 0.518. The second kappa shape index (κ2) is 4.03. The van der Waals surface area contributed by atoms with Gasteiger partial charge in [0.25, 0.3) is 0 Å². The lowest BCUT2D eigenvalue weighted by molar-refractivity contribution is 0.424. The van der Waals surface area contributed by atoms with Crippen LogP contribution in [0.5, 0.6) is 0 Å². The van der Waals surface area contributed by atoms with Gasteiger partial charge in [0.05, 0.1) is 7.85 Å². The molecule has 2 radical (unpaired) electrons. The molecule has 0 nitrogen and oxygen atoms in total. The summed E-state index contributed by atoms with van der Waals surface area (Å²) >= 11 is 2.56. The van der Waals surface area contributed by atoms with Gasteiger partial charge in [-0.15, -0.1) is 22.4 Å². The van der Waals surface area contributed by atoms with Crippen LogP contribution in [-0.2, 0) is 0 Å². The molecular weight excluding hydrogens is 233 g/mol. The maximum Gasteiger partial charge on any atom is 0.218 e. The van der Waals surface area contributed by atoms with Gasteiger partial charge in [-0.3, -0.25) is 0 Å². The summed E-state index contributed by atoms with van der Waals surface area (Å²) in [6, 6.07) is 0. The fraction of sp³-hybridized carbons (Fsp3) is 1.00. The lowest BCUT2D eigenvalue weighted by atomic mass is 9.73. The molecule has 1 aliphatic heterocycles. The van der Waals surface area contributed by atoms with Crippen LogP contribution in [0.3, 0.4) is 0 Å². The first kappa shape index (κ1) is 8.95. The number of halogens is 1. The molecule has 1 unspecified atom stereocenters. The molecule has 0 spiro atoms. The van der Waals surface area contributed by atoms with Gasteiger partial charge < -0.3 is 0 Å². The van der Waals surface area contributed by atoms with Crippen molar-refractivity contribution in [3.63, 3.8) is 0 Å². The van der Waals surface area contributed by atoms with Crippen LogP contribution in [0.2, 0.25) is 19.0 Å². The highest BCUT2D eigenvalue weighted by molar-refractivity contribution is 14.1. The van der Waals surface area contributed by atoms with Gasteiger partial charge in [0.15, 0.2) is 0 Å². The number of rotatable bonds is 2. The van der Waals surface area contributed by atoms with E-state index in [2.05, 4.69) is 29.3 Å². The van der Waals surface area contributed by atoms with Crippen LogP contribution in [-0.4, -0.2) is 12.4 Å². The van der Waals surface area contributed by atoms with Crippen LogP contribution in [0, 0.1) is 11.8 Å². The van der Waals surface area contributed by atoms with E-state index in [9.17, 15) is 0 Å². The topological polar surface area (TPSA) is 0 Å². The van der Waals surface area contributed by atoms with Crippen molar-refractivity contribution < 1.29 is 0 Å². The summed E-state index contributed by atoms with van der Waals surface area (Å²) < 4.78 is 0.927. The summed E-state index contributed by atoms with van der Waals surface area (Å²) in [4.78, 5) is 0. The zero-order valence-corrected chi connectivity index (χ0v) is 8.67. The van der Waals surface area contributed by atoms with Gasteiger partial charge in [0.2, 0.25) is 4.57 Å². The van der Waals surface area contributed by atoms with E-state index in [-0.39, 0.29) is 0 Å². The fourth-order valence-corrected chi connectivity index (χ4v) is 2.68. The third-order valence-corrected chi connectivity index (χ3v) is 3.72. The molecule has 0 amide bonds. The van der Waals surface area contributed by atoms with Crippen LogP contribution in [0.25, 0.3) is 0 Å². The molecule has 0 aliphatic carbocycles. The first-order valence-corrected chi connectivity index (χ1v) is 5.32. The highest BCUT2D eigenvalue weighted by Crippen LogP contribution is 2.35. The normalized spacial score (nSPS) is 29.0. The van der Waals surface area contributed by atoms with Crippen molar-refractivity contribution in [2.75, 3.05) is 0 Å². The minimum absolute atomic E-state index is 0.750. The Kier molecular flexibility index (Phi) is 3.61. The predicted molar refractivity (Wildman–Crippen MR) is 57.2 cm³/mol. The second-order valence-electron chi connectivity index (χ2n) is 3.38. The van der Waals surface area contributed by atoms with Crippen molar-refractivity contribution >= 4 is 34.8 Å². The van der Waals surface area contributed by atoms with E-state index in [4.69, 9.17) is 7.85 Å². The maximum absolute atomic E-state index is 5.59. The van der Waals surface area contributed by atoms with Crippen molar-refractivity contribution in [1.82, 2.24) is 0 Å². The van der Waals surface area contributed by atoms with Gasteiger partial charge in [-0.25, -0.2) is 0 Å². The fourth-order valence-electron chi connectivity index (χ4n) is 1.67. The van der Waals surface area contributed by atoms with E-state index in [1.165, 1.54) is 19.1 Å². The standard InChI is InChI=1S/C7H13B2I/c1-6(4-8)7-2-3-9(10)5-7/h6-7H,2-5H2,1H3/t6?,7-/m1/s1. The van der Waals surface area contributed by atoms with Gasteiger partial charge in [0, 0.05) is 0 Å². The van der Waals surface area contributed by atoms with Crippen LogP contribution in [0.1, 0.15) is 13.3 Å². The minimum atomic E-state index is 0.750. The van der Waals surface area contributed by atoms with E-state index < -0.39 is 0 Å². The molecule has 0 aromatic rings. The first-order valence-electron chi connectivity index (χ1n) is 4.08. The summed E-state index contributed by atoms with van der Waals surface area (Å²) in [6.07, 6.45) is 5.09. The van der Waals surface area contributed by atoms with Crippen LogP contribution in [0.4, 0.5) is 0 Å². The van der Waals surface area contributed by atoms with Crippen molar-refractivity contribution in [3.8, 4) is 0 Å². The maximum atomic E-state index is 5.59. The highest BCUT2D eigenvalue weighted by Gasteiger charge is 2.27. The summed E-state index contributed by atoms with van der Waals surface area (Å²) in [6.45, 7) is 2.28. The largest absolute Gasteiger partial charge is 0.218 e. The van der Waals surface area contributed by atoms with Gasteiger partial charge >= 0.3 is 0 Å². The van der Waals surface area contributed by atoms with Crippen molar-refractivity contribution in [1.29, 1.82) is 0 Å². The summed E-state index contributed by atoms with van der Waals surface area (Å²) in [5.74, 6) is 1.67. The highest BCUT2D eigenvalue weighted by atomic mass is 127. The van der Waals surface area contributed by atoms with E-state index in [0.29, 0.717) is 0 Å². The molecule has 0 N–H and O–H groups in total. The van der Waals surface area contributed by atoms with E-state index >= 15 is 0 Å². The van der Waals surface area contributed by atoms with Crippen LogP contribution in [0.15, 0.2) is 0 Å². The van der Waals surface area contributed by atoms with Gasteiger partial charge in [-0.2, -0.15) is 0 Å². The van der Waals surface area contributed by atoms with Crippen LogP contribution >= 0.6 is 22.4 Å². The molecule has 0 aromatic heterocycles. The average Bonchev–Trinajstić information content (AvgIpc) is 2.34. The lowest BCUT2D eigenvalue weighted by Crippen LogP contribution is -2.07. The second-order valence-corrected chi connectivity index (χ2v) is 5.14. The molecule has 0 saturated carbocycles. The Morgan fingerprint density at radius 3 is 2.90 bits per heavy atom. The number of hydrogen-bond acceptors (Lipinski definition) is 0. The zero-order valence-electron chi connectivity index (χ0n) is 6.52. The van der Waals surface area contributed by atoms with Gasteiger partial charge in [0.1, 0.15) is 0 Å². The molecule has 1 fully saturated rings. The Balaban J connectivity index is 2.29. The molecule has 2 atom stereocenters. The Hall–Kier alpha value is 0.860.